The van der Waals surface area contributed by atoms with Gasteiger partial charge in [-0.1, -0.05) is 31.2 Å². The Hall–Kier alpha value is -0.860. The third-order valence-electron chi connectivity index (χ3n) is 2.61. The average Bonchev–Trinajstić information content (AvgIpc) is 2.18. The maximum absolute atomic E-state index is 5.84. The molecule has 0 aliphatic rings. The molecular formula is C12H19NO. The molecule has 1 rings (SSSR count). The lowest BCUT2D eigenvalue weighted by atomic mass is 9.94. The van der Waals surface area contributed by atoms with Crippen molar-refractivity contribution < 1.29 is 4.74 Å². The smallest absolute Gasteiger partial charge is 0.0713 e. The lowest BCUT2D eigenvalue weighted by Gasteiger charge is -2.16. The van der Waals surface area contributed by atoms with Crippen molar-refractivity contribution in [3.8, 4) is 0 Å². The van der Waals surface area contributed by atoms with Gasteiger partial charge >= 0.3 is 0 Å². The number of benzene rings is 1. The zero-order valence-corrected chi connectivity index (χ0v) is 9.16. The van der Waals surface area contributed by atoms with Crippen LogP contribution in [0.15, 0.2) is 24.3 Å². The van der Waals surface area contributed by atoms with Crippen molar-refractivity contribution in [2.45, 2.75) is 32.4 Å². The summed E-state index contributed by atoms with van der Waals surface area (Å²) in [6.45, 7) is 4.86. The van der Waals surface area contributed by atoms with Crippen molar-refractivity contribution in [2.24, 2.45) is 5.73 Å². The molecule has 0 spiro atoms. The molecule has 2 heteroatoms. The van der Waals surface area contributed by atoms with E-state index in [-0.39, 0.29) is 6.04 Å². The van der Waals surface area contributed by atoms with Crippen molar-refractivity contribution in [1.29, 1.82) is 0 Å². The van der Waals surface area contributed by atoms with Crippen LogP contribution in [0.2, 0.25) is 0 Å². The molecule has 2 N–H and O–H groups in total. The molecule has 0 heterocycles. The Balaban J connectivity index is 2.72. The van der Waals surface area contributed by atoms with Gasteiger partial charge in [0.2, 0.25) is 0 Å². The second-order valence-corrected chi connectivity index (χ2v) is 3.82. The first-order valence-corrected chi connectivity index (χ1v) is 4.98. The van der Waals surface area contributed by atoms with Gasteiger partial charge < -0.3 is 10.5 Å². The Bertz CT molecular complexity index is 266. The highest BCUT2D eigenvalue weighted by atomic mass is 16.5. The van der Waals surface area contributed by atoms with Gasteiger partial charge in [0.15, 0.2) is 0 Å². The Morgan fingerprint density at radius 2 is 1.79 bits per heavy atom. The minimum absolute atomic E-state index is 0.197. The molecule has 0 amide bonds. The molecular weight excluding hydrogens is 174 g/mol. The van der Waals surface area contributed by atoms with Gasteiger partial charge in [0.1, 0.15) is 0 Å². The maximum atomic E-state index is 5.84. The first-order chi connectivity index (χ1) is 6.65. The van der Waals surface area contributed by atoms with Crippen molar-refractivity contribution in [3.63, 3.8) is 0 Å². The van der Waals surface area contributed by atoms with Gasteiger partial charge in [-0.25, -0.2) is 0 Å². The molecule has 2 unspecified atom stereocenters. The topological polar surface area (TPSA) is 35.2 Å². The molecule has 1 aromatic carbocycles. The third kappa shape index (κ3) is 2.82. The first kappa shape index (κ1) is 11.2. The zero-order chi connectivity index (χ0) is 10.6. The van der Waals surface area contributed by atoms with Crippen LogP contribution < -0.4 is 5.73 Å². The predicted octanol–water partition coefficient (Wildman–Crippen LogP) is 2.28. The third-order valence-corrected chi connectivity index (χ3v) is 2.61. The first-order valence-electron chi connectivity index (χ1n) is 4.98. The summed E-state index contributed by atoms with van der Waals surface area (Å²) in [4.78, 5) is 0. The molecule has 0 saturated heterocycles. The fourth-order valence-electron chi connectivity index (χ4n) is 1.39. The monoisotopic (exact) mass is 193 g/mol. The molecule has 0 aliphatic heterocycles. The van der Waals surface area contributed by atoms with Gasteiger partial charge in [0.25, 0.3) is 0 Å². The Morgan fingerprint density at radius 3 is 2.21 bits per heavy atom. The van der Waals surface area contributed by atoms with Gasteiger partial charge in [-0.15, -0.1) is 0 Å². The number of rotatable bonds is 4. The van der Waals surface area contributed by atoms with Gasteiger partial charge in [-0.2, -0.15) is 0 Å². The maximum Gasteiger partial charge on any atom is 0.0713 e. The van der Waals surface area contributed by atoms with Gasteiger partial charge in [-0.05, 0) is 24.0 Å². The van der Waals surface area contributed by atoms with Crippen LogP contribution in [0.5, 0.6) is 0 Å². The Labute approximate surface area is 86.1 Å². The van der Waals surface area contributed by atoms with Crippen LogP contribution >= 0.6 is 0 Å². The predicted molar refractivity (Wildman–Crippen MR) is 59.2 cm³/mol. The van der Waals surface area contributed by atoms with Crippen LogP contribution in [0.3, 0.4) is 0 Å². The normalized spacial score (nSPS) is 15.1. The van der Waals surface area contributed by atoms with E-state index >= 15 is 0 Å². The average molecular weight is 193 g/mol. The van der Waals surface area contributed by atoms with Crippen molar-refractivity contribution >= 4 is 0 Å². The molecule has 0 aromatic heterocycles. The molecule has 14 heavy (non-hydrogen) atoms. The summed E-state index contributed by atoms with van der Waals surface area (Å²) < 4.78 is 5.05. The molecule has 0 radical (unpaired) electrons. The van der Waals surface area contributed by atoms with E-state index in [1.54, 1.807) is 7.11 Å². The van der Waals surface area contributed by atoms with Crippen molar-refractivity contribution in [2.75, 3.05) is 7.11 Å². The summed E-state index contributed by atoms with van der Waals surface area (Å²) in [5.74, 6) is 0.409. The van der Waals surface area contributed by atoms with Crippen LogP contribution in [0.1, 0.15) is 30.9 Å². The van der Waals surface area contributed by atoms with Crippen LogP contribution in [-0.2, 0) is 11.3 Å². The molecule has 2 atom stereocenters. The van der Waals surface area contributed by atoms with Gasteiger partial charge in [-0.3, -0.25) is 0 Å². The summed E-state index contributed by atoms with van der Waals surface area (Å²) in [5, 5.41) is 0. The van der Waals surface area contributed by atoms with Crippen LogP contribution in [0.4, 0.5) is 0 Å². The molecule has 0 aliphatic carbocycles. The second kappa shape index (κ2) is 5.13. The standard InChI is InChI=1S/C12H19NO/c1-9(10(2)13)12-6-4-11(5-7-12)8-14-3/h4-7,9-10H,8,13H2,1-3H3. The minimum atomic E-state index is 0.197. The lowest BCUT2D eigenvalue weighted by Crippen LogP contribution is -2.22. The van der Waals surface area contributed by atoms with Gasteiger partial charge in [0, 0.05) is 13.2 Å². The van der Waals surface area contributed by atoms with Gasteiger partial charge in [0.05, 0.1) is 6.61 Å². The largest absolute Gasteiger partial charge is 0.380 e. The molecule has 2 nitrogen and oxygen atoms in total. The molecule has 1 aromatic rings. The number of hydrogen-bond acceptors (Lipinski definition) is 2. The van der Waals surface area contributed by atoms with Crippen LogP contribution in [0, 0.1) is 0 Å². The van der Waals surface area contributed by atoms with E-state index in [1.807, 2.05) is 6.92 Å². The Kier molecular flexibility index (Phi) is 4.11. The fraction of sp³-hybridized carbons (Fsp3) is 0.500. The van der Waals surface area contributed by atoms with E-state index in [2.05, 4.69) is 31.2 Å². The van der Waals surface area contributed by atoms with E-state index in [4.69, 9.17) is 10.5 Å². The van der Waals surface area contributed by atoms with E-state index < -0.39 is 0 Å². The van der Waals surface area contributed by atoms with Crippen LogP contribution in [0.25, 0.3) is 0 Å². The van der Waals surface area contributed by atoms with Crippen LogP contribution in [-0.4, -0.2) is 13.2 Å². The summed E-state index contributed by atoms with van der Waals surface area (Å²) >= 11 is 0. The van der Waals surface area contributed by atoms with Crippen molar-refractivity contribution in [1.82, 2.24) is 0 Å². The molecule has 0 fully saturated rings. The quantitative estimate of drug-likeness (QED) is 0.796. The summed E-state index contributed by atoms with van der Waals surface area (Å²) in [6.07, 6.45) is 0. The molecule has 0 saturated carbocycles. The fourth-order valence-corrected chi connectivity index (χ4v) is 1.39. The number of hydrogen-bond donors (Lipinski definition) is 1. The zero-order valence-electron chi connectivity index (χ0n) is 9.16. The summed E-state index contributed by atoms with van der Waals surface area (Å²) in [5.41, 5.74) is 8.33. The minimum Gasteiger partial charge on any atom is -0.380 e. The number of ether oxygens (including phenoxy) is 1. The SMILES string of the molecule is COCc1ccc(C(C)C(C)N)cc1. The number of methoxy groups -OCH3 is 1. The number of nitrogens with two attached hydrogens (primary N) is 1. The second-order valence-electron chi connectivity index (χ2n) is 3.82. The molecule has 78 valence electrons. The highest BCUT2D eigenvalue weighted by Gasteiger charge is 2.09. The van der Waals surface area contributed by atoms with E-state index in [0.29, 0.717) is 12.5 Å². The summed E-state index contributed by atoms with van der Waals surface area (Å²) in [6, 6.07) is 8.64. The van der Waals surface area contributed by atoms with Crippen molar-refractivity contribution in [3.05, 3.63) is 35.4 Å². The lowest BCUT2D eigenvalue weighted by molar-refractivity contribution is 0.185. The van der Waals surface area contributed by atoms with E-state index in [9.17, 15) is 0 Å². The van der Waals surface area contributed by atoms with E-state index in [1.165, 1.54) is 11.1 Å². The summed E-state index contributed by atoms with van der Waals surface area (Å²) in [7, 11) is 1.71. The highest BCUT2D eigenvalue weighted by molar-refractivity contribution is 5.25. The highest BCUT2D eigenvalue weighted by Crippen LogP contribution is 2.18. The molecule has 0 bridgehead atoms. The Morgan fingerprint density at radius 1 is 1.21 bits per heavy atom. The van der Waals surface area contributed by atoms with E-state index in [0.717, 1.165) is 0 Å².